The van der Waals surface area contributed by atoms with E-state index in [-0.39, 0.29) is 36.7 Å². The summed E-state index contributed by atoms with van der Waals surface area (Å²) < 4.78 is 0. The summed E-state index contributed by atoms with van der Waals surface area (Å²) in [4.78, 5) is 66.6. The molecule has 0 bridgehead atoms. The number of rotatable bonds is 45. The largest absolute Gasteiger partial charge is 0.353 e. The molecule has 2 atom stereocenters. The van der Waals surface area contributed by atoms with Crippen LogP contribution in [0.25, 0.3) is 0 Å². The first-order chi connectivity index (χ1) is 32.3. The van der Waals surface area contributed by atoms with Gasteiger partial charge < -0.3 is 31.8 Å². The predicted molar refractivity (Wildman–Crippen MR) is 276 cm³/mol. The molecule has 6 N–H and O–H groups in total. The Kier molecular flexibility index (Phi) is 40.6. The van der Waals surface area contributed by atoms with E-state index in [1.807, 2.05) is 0 Å². The first kappa shape index (κ1) is 59.9. The molecule has 0 aliphatic carbocycles. The molecule has 11 nitrogen and oxygen atoms in total. The van der Waals surface area contributed by atoms with E-state index in [1.54, 1.807) is 30.5 Å². The number of nitrogens with zero attached hydrogens (tertiary/aromatic N) is 1. The Bertz CT molecular complexity index is 1460. The van der Waals surface area contributed by atoms with E-state index in [9.17, 15) is 24.0 Å². The molecule has 0 aliphatic heterocycles. The minimum atomic E-state index is -0.879. The number of hydrogen-bond donors (Lipinski definition) is 5. The fourth-order valence-corrected chi connectivity index (χ4v) is 7.63. The molecule has 0 aliphatic rings. The number of nitrogens with two attached hydrogens (primary N) is 1. The van der Waals surface area contributed by atoms with Gasteiger partial charge in [-0.3, -0.25) is 24.2 Å². The molecule has 66 heavy (non-hydrogen) atoms. The molecular weight excluding hydrogens is 825 g/mol. The molecule has 0 saturated heterocycles. The molecule has 0 spiro atoms. The maximum absolute atomic E-state index is 13.3. The van der Waals surface area contributed by atoms with Crippen molar-refractivity contribution < 1.29 is 24.0 Å². The lowest BCUT2D eigenvalue weighted by Crippen LogP contribution is -2.53. The smallest absolute Gasteiger partial charge is 0.251 e. The molecule has 1 aromatic carbocycles. The topological polar surface area (TPSA) is 172 Å². The molecule has 0 aromatic heterocycles. The summed E-state index contributed by atoms with van der Waals surface area (Å²) in [6.45, 7) is 5.63. The van der Waals surface area contributed by atoms with E-state index < -0.39 is 12.1 Å². The van der Waals surface area contributed by atoms with Crippen LogP contribution in [0.3, 0.4) is 0 Å². The number of carbonyl (C=O) groups is 5. The van der Waals surface area contributed by atoms with E-state index in [4.69, 9.17) is 5.73 Å². The van der Waals surface area contributed by atoms with Gasteiger partial charge in [0.25, 0.3) is 5.91 Å². The number of amides is 4. The number of nitrogens with one attached hydrogen (secondary N) is 4. The highest BCUT2D eigenvalue weighted by Gasteiger charge is 2.21. The Balaban J connectivity index is 2.47. The Morgan fingerprint density at radius 2 is 1.05 bits per heavy atom. The van der Waals surface area contributed by atoms with E-state index in [2.05, 4.69) is 64.4 Å². The maximum Gasteiger partial charge on any atom is 0.251 e. The summed E-state index contributed by atoms with van der Waals surface area (Å²) in [5, 5.41) is 11.5. The zero-order chi connectivity index (χ0) is 48.0. The molecule has 374 valence electrons. The number of allylic oxidation sites excluding steroid dienone is 4. The van der Waals surface area contributed by atoms with Gasteiger partial charge in [0.15, 0.2) is 0 Å². The Hall–Kier alpha value is -4.12. The van der Waals surface area contributed by atoms with Gasteiger partial charge in [-0.15, -0.1) is 0 Å². The van der Waals surface area contributed by atoms with Crippen LogP contribution in [0.15, 0.2) is 53.6 Å². The van der Waals surface area contributed by atoms with Gasteiger partial charge >= 0.3 is 0 Å². The summed E-state index contributed by atoms with van der Waals surface area (Å²) >= 11 is 0. The van der Waals surface area contributed by atoms with Crippen molar-refractivity contribution in [2.24, 2.45) is 10.7 Å². The van der Waals surface area contributed by atoms with Crippen LogP contribution in [0.4, 0.5) is 0 Å². The molecule has 0 saturated carbocycles. The summed E-state index contributed by atoms with van der Waals surface area (Å²) in [6.07, 6.45) is 45.5. The van der Waals surface area contributed by atoms with Gasteiger partial charge in [0.1, 0.15) is 12.3 Å². The third-order valence-electron chi connectivity index (χ3n) is 11.9. The lowest BCUT2D eigenvalue weighted by Gasteiger charge is -2.19. The highest BCUT2D eigenvalue weighted by atomic mass is 16.2. The van der Waals surface area contributed by atoms with Crippen molar-refractivity contribution in [1.82, 2.24) is 21.3 Å². The SMILES string of the molecule is CCCCCCCC/C=C\CCCCCCCC(=O)NCC(NC(=O)CCCCCCC/C=C\CCCCCCCC)C(=O)NCCN=Cc1ccc(C(=O)NCCCCC(N)C=O)cc1. The minimum Gasteiger partial charge on any atom is -0.353 e. The fourth-order valence-electron chi connectivity index (χ4n) is 7.63. The van der Waals surface area contributed by atoms with E-state index in [1.165, 1.54) is 96.3 Å². The van der Waals surface area contributed by atoms with Crippen LogP contribution in [0.5, 0.6) is 0 Å². The van der Waals surface area contributed by atoms with Crippen molar-refractivity contribution >= 4 is 36.1 Å². The number of carbonyl (C=O) groups excluding carboxylic acids is 5. The molecule has 0 radical (unpaired) electrons. The summed E-state index contributed by atoms with van der Waals surface area (Å²) in [5.74, 6) is -0.823. The number of unbranched alkanes of at least 4 members (excludes halogenated alkanes) is 23. The van der Waals surface area contributed by atoms with Crippen molar-refractivity contribution in [2.75, 3.05) is 26.2 Å². The van der Waals surface area contributed by atoms with E-state index >= 15 is 0 Å². The zero-order valence-corrected chi connectivity index (χ0v) is 41.7. The second-order valence-electron chi connectivity index (χ2n) is 18.1. The average Bonchev–Trinajstić information content (AvgIpc) is 3.32. The van der Waals surface area contributed by atoms with Gasteiger partial charge in [-0.25, -0.2) is 0 Å². The van der Waals surface area contributed by atoms with Gasteiger partial charge in [0.05, 0.1) is 12.6 Å². The number of aliphatic imine (C=N–C) groups is 1. The molecule has 1 rings (SSSR count). The normalized spacial score (nSPS) is 12.5. The van der Waals surface area contributed by atoms with Crippen molar-refractivity contribution in [2.45, 2.75) is 225 Å². The third-order valence-corrected chi connectivity index (χ3v) is 11.9. The van der Waals surface area contributed by atoms with Crippen LogP contribution >= 0.6 is 0 Å². The molecule has 0 fully saturated rings. The molecule has 1 aromatic rings. The van der Waals surface area contributed by atoms with Gasteiger partial charge in [0.2, 0.25) is 17.7 Å². The molecular formula is C55H94N6O5. The Labute approximate surface area is 401 Å². The standard InChI is InChI=1S/C55H94N6O5/c1-3-5-7-9-11-13-15-17-19-21-23-25-27-29-31-36-52(63)60-46-51(61-53(64)37-32-30-28-26-24-22-20-18-16-14-12-10-8-6-4-2)55(66)59-44-43-57-45-48-38-40-49(41-39-48)54(65)58-42-34-33-35-50(56)47-62/h17-20,38-41,45,47,50-51H,3-16,21-37,42-44,46,56H2,1-2H3,(H,58,65)(H,59,66)(H,60,63)(H,61,64)/b19-17-,20-18-,57-45?. The summed E-state index contributed by atoms with van der Waals surface area (Å²) in [6, 6.07) is 5.75. The van der Waals surface area contributed by atoms with E-state index in [0.29, 0.717) is 37.9 Å². The van der Waals surface area contributed by atoms with Gasteiger partial charge in [0, 0.05) is 44.3 Å². The summed E-state index contributed by atoms with van der Waals surface area (Å²) in [7, 11) is 0. The Morgan fingerprint density at radius 1 is 0.561 bits per heavy atom. The number of hydrogen-bond acceptors (Lipinski definition) is 7. The van der Waals surface area contributed by atoms with Gasteiger partial charge in [-0.1, -0.05) is 153 Å². The van der Waals surface area contributed by atoms with Crippen molar-refractivity contribution in [3.05, 3.63) is 59.7 Å². The monoisotopic (exact) mass is 919 g/mol. The van der Waals surface area contributed by atoms with Crippen LogP contribution in [-0.2, 0) is 19.2 Å². The number of benzene rings is 1. The highest BCUT2D eigenvalue weighted by molar-refractivity contribution is 5.95. The second kappa shape index (κ2) is 44.7. The van der Waals surface area contributed by atoms with Crippen LogP contribution in [0.2, 0.25) is 0 Å². The highest BCUT2D eigenvalue weighted by Crippen LogP contribution is 2.12. The first-order valence-corrected chi connectivity index (χ1v) is 26.5. The van der Waals surface area contributed by atoms with E-state index in [0.717, 1.165) is 95.3 Å². The number of aldehydes is 1. The minimum absolute atomic E-state index is 0.0331. The lowest BCUT2D eigenvalue weighted by atomic mass is 10.1. The Morgan fingerprint density at radius 3 is 1.56 bits per heavy atom. The average molecular weight is 919 g/mol. The predicted octanol–water partition coefficient (Wildman–Crippen LogP) is 11.3. The molecule has 4 amide bonds. The van der Waals surface area contributed by atoms with Crippen molar-refractivity contribution in [3.63, 3.8) is 0 Å². The summed E-state index contributed by atoms with van der Waals surface area (Å²) in [5.41, 5.74) is 6.96. The van der Waals surface area contributed by atoms with Gasteiger partial charge in [-0.2, -0.15) is 0 Å². The van der Waals surface area contributed by atoms with Crippen molar-refractivity contribution in [3.8, 4) is 0 Å². The van der Waals surface area contributed by atoms with Crippen molar-refractivity contribution in [1.29, 1.82) is 0 Å². The quantitative estimate of drug-likeness (QED) is 0.0189. The van der Waals surface area contributed by atoms with Gasteiger partial charge in [-0.05, 0) is 101 Å². The van der Waals surface area contributed by atoms with Crippen LogP contribution < -0.4 is 27.0 Å². The molecule has 2 unspecified atom stereocenters. The third kappa shape index (κ3) is 37.0. The molecule has 0 heterocycles. The van der Waals surface area contributed by atoms with Crippen LogP contribution in [0, 0.1) is 0 Å². The second-order valence-corrected chi connectivity index (χ2v) is 18.1. The lowest BCUT2D eigenvalue weighted by molar-refractivity contribution is -0.129. The molecule has 11 heteroatoms. The maximum atomic E-state index is 13.3. The fraction of sp³-hybridized carbons (Fsp3) is 0.709. The zero-order valence-electron chi connectivity index (χ0n) is 41.7. The van der Waals surface area contributed by atoms with Crippen LogP contribution in [-0.4, -0.2) is 74.4 Å². The first-order valence-electron chi connectivity index (χ1n) is 26.5. The van der Waals surface area contributed by atoms with Crippen LogP contribution in [0.1, 0.15) is 229 Å².